The Hall–Kier alpha value is -1.33. The van der Waals surface area contributed by atoms with E-state index < -0.39 is 9.84 Å². The third-order valence-corrected chi connectivity index (χ3v) is 4.53. The van der Waals surface area contributed by atoms with Crippen LogP contribution in [0.5, 0.6) is 0 Å². The van der Waals surface area contributed by atoms with Gasteiger partial charge in [0.1, 0.15) is 0 Å². The number of hydrogen-bond donors (Lipinski definition) is 1. The summed E-state index contributed by atoms with van der Waals surface area (Å²) in [6.07, 6.45) is 1.77. The van der Waals surface area contributed by atoms with Crippen LogP contribution >= 0.6 is 11.6 Å². The van der Waals surface area contributed by atoms with Gasteiger partial charge >= 0.3 is 0 Å². The van der Waals surface area contributed by atoms with Gasteiger partial charge in [0.05, 0.1) is 5.75 Å². The van der Waals surface area contributed by atoms with Gasteiger partial charge in [-0.2, -0.15) is 0 Å². The Labute approximate surface area is 117 Å². The SMILES string of the molecule is O=C(C[C@@H]1C=CS(=O)(=O)C1)NCc1cccc(Cl)c1. The van der Waals surface area contributed by atoms with Crippen LogP contribution in [-0.4, -0.2) is 20.1 Å². The van der Waals surface area contributed by atoms with Gasteiger partial charge in [-0.3, -0.25) is 4.79 Å². The van der Waals surface area contributed by atoms with E-state index in [1.54, 1.807) is 18.2 Å². The molecule has 1 aromatic rings. The van der Waals surface area contributed by atoms with E-state index in [0.717, 1.165) is 5.56 Å². The number of nitrogens with one attached hydrogen (secondary N) is 1. The van der Waals surface area contributed by atoms with E-state index >= 15 is 0 Å². The summed E-state index contributed by atoms with van der Waals surface area (Å²) in [7, 11) is -3.09. The minimum absolute atomic E-state index is 0.0254. The normalized spacial score (nSPS) is 20.4. The van der Waals surface area contributed by atoms with Crippen LogP contribution in [0.2, 0.25) is 5.02 Å². The average Bonchev–Trinajstić information content (AvgIpc) is 2.66. The van der Waals surface area contributed by atoms with E-state index in [0.29, 0.717) is 11.6 Å². The third-order valence-electron chi connectivity index (χ3n) is 2.83. The highest BCUT2D eigenvalue weighted by atomic mass is 35.5. The van der Waals surface area contributed by atoms with Gasteiger partial charge < -0.3 is 5.32 Å². The van der Waals surface area contributed by atoms with Crippen molar-refractivity contribution in [3.05, 3.63) is 46.3 Å². The van der Waals surface area contributed by atoms with Crippen LogP contribution in [0.1, 0.15) is 12.0 Å². The summed E-state index contributed by atoms with van der Waals surface area (Å²) in [5.74, 6) is -0.353. The third kappa shape index (κ3) is 4.36. The molecule has 4 nitrogen and oxygen atoms in total. The van der Waals surface area contributed by atoms with Gasteiger partial charge in [-0.1, -0.05) is 29.8 Å². The van der Waals surface area contributed by atoms with Crippen molar-refractivity contribution in [1.82, 2.24) is 5.32 Å². The molecule has 0 bridgehead atoms. The number of benzene rings is 1. The smallest absolute Gasteiger partial charge is 0.220 e. The first kappa shape index (κ1) is 14.1. The molecule has 1 N–H and O–H groups in total. The molecule has 0 aromatic heterocycles. The molecule has 0 fully saturated rings. The maximum absolute atomic E-state index is 11.7. The van der Waals surface area contributed by atoms with Crippen molar-refractivity contribution >= 4 is 27.3 Å². The molecule has 1 atom stereocenters. The number of hydrogen-bond acceptors (Lipinski definition) is 3. The van der Waals surface area contributed by atoms with Gasteiger partial charge in [-0.05, 0) is 17.7 Å². The second kappa shape index (κ2) is 5.75. The Balaban J connectivity index is 1.81. The Morgan fingerprint density at radius 3 is 2.84 bits per heavy atom. The summed E-state index contributed by atoms with van der Waals surface area (Å²) >= 11 is 5.84. The molecule has 6 heteroatoms. The number of rotatable bonds is 4. The minimum atomic E-state index is -3.09. The van der Waals surface area contributed by atoms with Gasteiger partial charge in [-0.25, -0.2) is 8.42 Å². The van der Waals surface area contributed by atoms with Crippen LogP contribution in [0.3, 0.4) is 0 Å². The number of allylic oxidation sites excluding steroid dienone is 1. The van der Waals surface area contributed by atoms with E-state index in [4.69, 9.17) is 11.6 Å². The Morgan fingerprint density at radius 2 is 2.21 bits per heavy atom. The fourth-order valence-electron chi connectivity index (χ4n) is 1.93. The van der Waals surface area contributed by atoms with Gasteiger partial charge in [0.15, 0.2) is 9.84 Å². The molecule has 1 aliphatic heterocycles. The topological polar surface area (TPSA) is 63.2 Å². The number of carbonyl (C=O) groups is 1. The molecule has 1 aliphatic rings. The van der Waals surface area contributed by atoms with Crippen LogP contribution in [0.15, 0.2) is 35.7 Å². The van der Waals surface area contributed by atoms with Crippen molar-refractivity contribution in [3.8, 4) is 0 Å². The molecule has 19 heavy (non-hydrogen) atoms. The van der Waals surface area contributed by atoms with Crippen LogP contribution < -0.4 is 5.32 Å². The molecule has 0 aliphatic carbocycles. The number of amides is 1. The molecule has 1 amide bonds. The lowest BCUT2D eigenvalue weighted by molar-refractivity contribution is -0.121. The van der Waals surface area contributed by atoms with Crippen LogP contribution in [0.25, 0.3) is 0 Å². The predicted molar refractivity (Wildman–Crippen MR) is 74.3 cm³/mol. The molecule has 102 valence electrons. The minimum Gasteiger partial charge on any atom is -0.352 e. The summed E-state index contributed by atoms with van der Waals surface area (Å²) < 4.78 is 22.4. The van der Waals surface area contributed by atoms with Gasteiger partial charge in [-0.15, -0.1) is 0 Å². The van der Waals surface area contributed by atoms with E-state index in [9.17, 15) is 13.2 Å². The number of sulfone groups is 1. The Morgan fingerprint density at radius 1 is 1.42 bits per heavy atom. The fourth-order valence-corrected chi connectivity index (χ4v) is 3.54. The molecule has 2 rings (SSSR count). The molecule has 0 saturated heterocycles. The quantitative estimate of drug-likeness (QED) is 0.923. The fraction of sp³-hybridized carbons (Fsp3) is 0.308. The van der Waals surface area contributed by atoms with Gasteiger partial charge in [0.25, 0.3) is 0 Å². The summed E-state index contributed by atoms with van der Waals surface area (Å²) in [5, 5.41) is 4.56. The van der Waals surface area contributed by atoms with Gasteiger partial charge in [0, 0.05) is 29.3 Å². The van der Waals surface area contributed by atoms with Crippen molar-refractivity contribution in [2.24, 2.45) is 5.92 Å². The van der Waals surface area contributed by atoms with Gasteiger partial charge in [0.2, 0.25) is 5.91 Å². The highest BCUT2D eigenvalue weighted by Gasteiger charge is 2.23. The first-order valence-corrected chi connectivity index (χ1v) is 7.96. The van der Waals surface area contributed by atoms with Crippen molar-refractivity contribution in [2.45, 2.75) is 13.0 Å². The van der Waals surface area contributed by atoms with Crippen LogP contribution in [-0.2, 0) is 21.2 Å². The van der Waals surface area contributed by atoms with E-state index in [2.05, 4.69) is 5.32 Å². The largest absolute Gasteiger partial charge is 0.352 e. The summed E-state index contributed by atoms with van der Waals surface area (Å²) in [4.78, 5) is 11.7. The average molecular weight is 300 g/mol. The Bertz CT molecular complexity index is 610. The highest BCUT2D eigenvalue weighted by Crippen LogP contribution is 2.18. The maximum Gasteiger partial charge on any atom is 0.220 e. The first-order valence-electron chi connectivity index (χ1n) is 5.87. The van der Waals surface area contributed by atoms with Crippen molar-refractivity contribution < 1.29 is 13.2 Å². The monoisotopic (exact) mass is 299 g/mol. The van der Waals surface area contributed by atoms with Crippen molar-refractivity contribution in [1.29, 1.82) is 0 Å². The molecule has 0 spiro atoms. The van der Waals surface area contributed by atoms with Crippen molar-refractivity contribution in [3.63, 3.8) is 0 Å². The second-order valence-corrected chi connectivity index (χ2v) is 6.90. The zero-order valence-corrected chi connectivity index (χ0v) is 11.7. The maximum atomic E-state index is 11.7. The lowest BCUT2D eigenvalue weighted by Crippen LogP contribution is -2.25. The molecule has 1 heterocycles. The number of carbonyl (C=O) groups excluding carboxylic acids is 1. The lowest BCUT2D eigenvalue weighted by atomic mass is 10.1. The van der Waals surface area contributed by atoms with E-state index in [1.165, 1.54) is 5.41 Å². The van der Waals surface area contributed by atoms with E-state index in [-0.39, 0.29) is 24.0 Å². The van der Waals surface area contributed by atoms with Crippen LogP contribution in [0.4, 0.5) is 0 Å². The molecule has 0 unspecified atom stereocenters. The van der Waals surface area contributed by atoms with E-state index in [1.807, 2.05) is 12.1 Å². The lowest BCUT2D eigenvalue weighted by Gasteiger charge is -2.08. The predicted octanol–water partition coefficient (Wildman–Crippen LogP) is 1.90. The summed E-state index contributed by atoms with van der Waals surface area (Å²) in [6.45, 7) is 0.391. The zero-order valence-electron chi connectivity index (χ0n) is 10.2. The second-order valence-electron chi connectivity index (χ2n) is 4.53. The molecule has 1 aromatic carbocycles. The molecular weight excluding hydrogens is 286 g/mol. The molecule has 0 radical (unpaired) electrons. The zero-order chi connectivity index (χ0) is 13.9. The standard InChI is InChI=1S/C13H14ClNO3S/c14-12-3-1-2-10(6-12)8-15-13(16)7-11-4-5-19(17,18)9-11/h1-6,11H,7-9H2,(H,15,16)/t11-/m0/s1. The summed E-state index contributed by atoms with van der Waals surface area (Å²) in [5.41, 5.74) is 0.912. The van der Waals surface area contributed by atoms with Crippen molar-refractivity contribution in [2.75, 3.05) is 5.75 Å². The number of halogens is 1. The highest BCUT2D eigenvalue weighted by molar-refractivity contribution is 7.94. The Kier molecular flexibility index (Phi) is 4.27. The first-order chi connectivity index (χ1) is 8.94. The molecular formula is C13H14ClNO3S. The summed E-state index contributed by atoms with van der Waals surface area (Å²) in [6, 6.07) is 7.23. The van der Waals surface area contributed by atoms with Crippen LogP contribution in [0, 0.1) is 5.92 Å². The molecule has 0 saturated carbocycles.